The van der Waals surface area contributed by atoms with Crippen LogP contribution < -0.4 is 5.43 Å². The maximum absolute atomic E-state index is 12.5. The average Bonchev–Trinajstić information content (AvgIpc) is 2.56. The second kappa shape index (κ2) is 6.99. The van der Waals surface area contributed by atoms with Gasteiger partial charge in [-0.3, -0.25) is 9.78 Å². The molecule has 6 heteroatoms. The summed E-state index contributed by atoms with van der Waals surface area (Å²) in [5.41, 5.74) is 5.10. The van der Waals surface area contributed by atoms with Crippen molar-refractivity contribution in [3.63, 3.8) is 0 Å². The predicted molar refractivity (Wildman–Crippen MR) is 98.0 cm³/mol. The number of nitrogens with one attached hydrogen (secondary N) is 1. The summed E-state index contributed by atoms with van der Waals surface area (Å²) in [7, 11) is 0. The van der Waals surface area contributed by atoms with Crippen LogP contribution in [0.5, 0.6) is 0 Å². The summed E-state index contributed by atoms with van der Waals surface area (Å²) >= 11 is 12.1. The summed E-state index contributed by atoms with van der Waals surface area (Å²) < 4.78 is 0. The summed E-state index contributed by atoms with van der Waals surface area (Å²) in [6.45, 7) is 1.84. The van der Waals surface area contributed by atoms with Crippen LogP contribution in [0.3, 0.4) is 0 Å². The third-order valence-electron chi connectivity index (χ3n) is 3.45. The second-order valence-electron chi connectivity index (χ2n) is 5.16. The predicted octanol–water partition coefficient (Wildman–Crippen LogP) is 4.61. The molecule has 1 amide bonds. The third-order valence-corrected chi connectivity index (χ3v) is 4.11. The highest BCUT2D eigenvalue weighted by molar-refractivity contribution is 6.38. The van der Waals surface area contributed by atoms with Gasteiger partial charge in [-0.25, -0.2) is 5.43 Å². The van der Waals surface area contributed by atoms with Crippen molar-refractivity contribution in [1.29, 1.82) is 0 Å². The van der Waals surface area contributed by atoms with Crippen molar-refractivity contribution >= 4 is 46.2 Å². The van der Waals surface area contributed by atoms with Gasteiger partial charge in [-0.2, -0.15) is 5.10 Å². The molecule has 1 aromatic heterocycles. The zero-order valence-corrected chi connectivity index (χ0v) is 14.3. The lowest BCUT2D eigenvalue weighted by Crippen LogP contribution is -2.18. The van der Waals surface area contributed by atoms with Gasteiger partial charge in [-0.15, -0.1) is 0 Å². The first-order valence-corrected chi connectivity index (χ1v) is 7.95. The van der Waals surface area contributed by atoms with Crippen LogP contribution in [-0.4, -0.2) is 17.1 Å². The molecule has 24 heavy (non-hydrogen) atoms. The molecule has 0 fully saturated rings. The Kier molecular flexibility index (Phi) is 4.79. The van der Waals surface area contributed by atoms with Gasteiger partial charge in [0.2, 0.25) is 0 Å². The molecule has 0 unspecified atom stereocenters. The van der Waals surface area contributed by atoms with Crippen molar-refractivity contribution in [1.82, 2.24) is 10.4 Å². The van der Waals surface area contributed by atoms with Crippen molar-refractivity contribution in [2.45, 2.75) is 6.92 Å². The molecule has 1 heterocycles. The minimum absolute atomic E-state index is 0.323. The lowest BCUT2D eigenvalue weighted by atomic mass is 10.1. The van der Waals surface area contributed by atoms with Crippen molar-refractivity contribution in [3.05, 3.63) is 75.4 Å². The van der Waals surface area contributed by atoms with Crippen molar-refractivity contribution < 1.29 is 4.79 Å². The zero-order valence-electron chi connectivity index (χ0n) is 12.8. The standard InChI is InChI=1S/C18H13Cl2N3O/c1-11-9-13(12-5-2-3-8-17(12)22-11)18(24)23-21-10-14-15(19)6-4-7-16(14)20/h2-10H,1H3,(H,23,24). The smallest absolute Gasteiger partial charge is 0.267 e. The lowest BCUT2D eigenvalue weighted by Gasteiger charge is -2.06. The number of hydrogen-bond donors (Lipinski definition) is 1. The quantitative estimate of drug-likeness (QED) is 0.549. The molecule has 0 radical (unpaired) electrons. The molecule has 0 atom stereocenters. The van der Waals surface area contributed by atoms with Gasteiger partial charge in [0.25, 0.3) is 5.91 Å². The summed E-state index contributed by atoms with van der Waals surface area (Å²) in [5, 5.41) is 5.66. The lowest BCUT2D eigenvalue weighted by molar-refractivity contribution is 0.0956. The van der Waals surface area contributed by atoms with E-state index in [1.165, 1.54) is 6.21 Å². The van der Waals surface area contributed by atoms with Gasteiger partial charge in [-0.05, 0) is 31.2 Å². The van der Waals surface area contributed by atoms with Gasteiger partial charge in [0.15, 0.2) is 0 Å². The van der Waals surface area contributed by atoms with Gasteiger partial charge < -0.3 is 0 Å². The molecule has 4 nitrogen and oxygen atoms in total. The number of pyridine rings is 1. The van der Waals surface area contributed by atoms with Crippen LogP contribution in [0.1, 0.15) is 21.6 Å². The van der Waals surface area contributed by atoms with Gasteiger partial charge >= 0.3 is 0 Å². The van der Waals surface area contributed by atoms with Crippen LogP contribution in [0.4, 0.5) is 0 Å². The minimum atomic E-state index is -0.323. The SMILES string of the molecule is Cc1cc(C(=O)NN=Cc2c(Cl)cccc2Cl)c2ccccc2n1. The fourth-order valence-corrected chi connectivity index (χ4v) is 2.84. The summed E-state index contributed by atoms with van der Waals surface area (Å²) in [6.07, 6.45) is 1.43. The molecule has 3 rings (SSSR count). The van der Waals surface area contributed by atoms with E-state index in [-0.39, 0.29) is 5.91 Å². The summed E-state index contributed by atoms with van der Waals surface area (Å²) in [5.74, 6) is -0.323. The van der Waals surface area contributed by atoms with Crippen molar-refractivity contribution in [2.75, 3.05) is 0 Å². The number of aryl methyl sites for hydroxylation is 1. The molecule has 0 aliphatic rings. The van der Waals surface area contributed by atoms with E-state index in [2.05, 4.69) is 15.5 Å². The monoisotopic (exact) mass is 357 g/mol. The Labute approximate surface area is 149 Å². The Morgan fingerprint density at radius 3 is 2.58 bits per heavy atom. The van der Waals surface area contributed by atoms with Crippen LogP contribution in [0, 0.1) is 6.92 Å². The van der Waals surface area contributed by atoms with E-state index in [4.69, 9.17) is 23.2 Å². The van der Waals surface area contributed by atoms with E-state index in [1.54, 1.807) is 24.3 Å². The number of halogens is 2. The first-order chi connectivity index (χ1) is 11.6. The molecular formula is C18H13Cl2N3O. The largest absolute Gasteiger partial charge is 0.272 e. The maximum atomic E-state index is 12.5. The fraction of sp³-hybridized carbons (Fsp3) is 0.0556. The molecule has 0 saturated carbocycles. The van der Waals surface area contributed by atoms with Gasteiger partial charge in [0.1, 0.15) is 0 Å². The fourth-order valence-electron chi connectivity index (χ4n) is 2.35. The number of hydrogen-bond acceptors (Lipinski definition) is 3. The molecule has 0 aliphatic carbocycles. The molecule has 0 spiro atoms. The first kappa shape index (κ1) is 16.4. The highest BCUT2D eigenvalue weighted by atomic mass is 35.5. The normalized spacial score (nSPS) is 11.1. The first-order valence-electron chi connectivity index (χ1n) is 7.20. The molecule has 0 saturated heterocycles. The number of carbonyl (C=O) groups is 1. The van der Waals surface area contributed by atoms with Crippen molar-refractivity contribution in [3.8, 4) is 0 Å². The summed E-state index contributed by atoms with van der Waals surface area (Å²) in [4.78, 5) is 16.9. The topological polar surface area (TPSA) is 54.4 Å². The summed E-state index contributed by atoms with van der Waals surface area (Å²) in [6, 6.07) is 14.4. The van der Waals surface area contributed by atoms with E-state index in [0.29, 0.717) is 21.2 Å². The van der Waals surface area contributed by atoms with E-state index < -0.39 is 0 Å². The second-order valence-corrected chi connectivity index (χ2v) is 5.98. The Bertz CT molecular complexity index is 934. The number of carbonyl (C=O) groups excluding carboxylic acids is 1. The molecular weight excluding hydrogens is 345 g/mol. The van der Waals surface area contributed by atoms with Crippen LogP contribution in [0.2, 0.25) is 10.0 Å². The van der Waals surface area contributed by atoms with E-state index in [9.17, 15) is 4.79 Å². The minimum Gasteiger partial charge on any atom is -0.267 e. The molecule has 0 bridgehead atoms. The van der Waals surface area contributed by atoms with E-state index in [1.807, 2.05) is 31.2 Å². The third kappa shape index (κ3) is 3.40. The number of para-hydroxylation sites is 1. The highest BCUT2D eigenvalue weighted by Gasteiger charge is 2.11. The van der Waals surface area contributed by atoms with Gasteiger partial charge in [0.05, 0.1) is 27.3 Å². The Balaban J connectivity index is 1.87. The zero-order chi connectivity index (χ0) is 17.1. The molecule has 0 aliphatic heterocycles. The molecule has 3 aromatic rings. The Morgan fingerprint density at radius 1 is 1.12 bits per heavy atom. The van der Waals surface area contributed by atoms with Crippen LogP contribution in [0.15, 0.2) is 53.6 Å². The molecule has 120 valence electrons. The average molecular weight is 358 g/mol. The van der Waals surface area contributed by atoms with E-state index >= 15 is 0 Å². The van der Waals surface area contributed by atoms with Crippen LogP contribution in [0.25, 0.3) is 10.9 Å². The number of rotatable bonds is 3. The van der Waals surface area contributed by atoms with Gasteiger partial charge in [0, 0.05) is 16.6 Å². The Hall–Kier alpha value is -2.43. The van der Waals surface area contributed by atoms with Crippen LogP contribution >= 0.6 is 23.2 Å². The number of nitrogens with zero attached hydrogens (tertiary/aromatic N) is 2. The van der Waals surface area contributed by atoms with E-state index in [0.717, 1.165) is 16.6 Å². The van der Waals surface area contributed by atoms with Gasteiger partial charge in [-0.1, -0.05) is 47.5 Å². The molecule has 2 aromatic carbocycles. The number of aromatic nitrogens is 1. The highest BCUT2D eigenvalue weighted by Crippen LogP contribution is 2.22. The number of benzene rings is 2. The van der Waals surface area contributed by atoms with Crippen LogP contribution in [-0.2, 0) is 0 Å². The number of amides is 1. The molecule has 1 N–H and O–H groups in total. The number of fused-ring (bicyclic) bond motifs is 1. The number of hydrazone groups is 1. The Morgan fingerprint density at radius 2 is 1.83 bits per heavy atom. The maximum Gasteiger partial charge on any atom is 0.272 e. The van der Waals surface area contributed by atoms with Crippen molar-refractivity contribution in [2.24, 2.45) is 5.10 Å².